The van der Waals surface area contributed by atoms with Gasteiger partial charge in [0, 0.05) is 6.54 Å². The topological polar surface area (TPSA) is 47.7 Å². The molecule has 1 heterocycles. The summed E-state index contributed by atoms with van der Waals surface area (Å²) in [7, 11) is 3.32. The van der Waals surface area contributed by atoms with E-state index in [0.717, 1.165) is 43.1 Å². The molecule has 1 fully saturated rings. The fourth-order valence-corrected chi connectivity index (χ4v) is 3.07. The number of hydrogen-bond acceptors (Lipinski definition) is 4. The minimum absolute atomic E-state index is 0.336. The number of hydrogen-bond donors (Lipinski definition) is 1. The molecule has 0 bridgehead atoms. The summed E-state index contributed by atoms with van der Waals surface area (Å²) < 4.78 is 10.7. The van der Waals surface area contributed by atoms with Crippen LogP contribution in [0.25, 0.3) is 0 Å². The number of ether oxygens (including phenoxy) is 2. The normalized spacial score (nSPS) is 19.0. The summed E-state index contributed by atoms with van der Waals surface area (Å²) in [6.07, 6.45) is 4.81. The van der Waals surface area contributed by atoms with E-state index in [1.807, 2.05) is 12.1 Å². The SMILES string of the molecule is CCC(N)(CN1CCCCC1)c1ccc(OC)c(OC)c1. The minimum Gasteiger partial charge on any atom is -0.493 e. The zero-order chi connectivity index (χ0) is 15.3. The van der Waals surface area contributed by atoms with Gasteiger partial charge in [0.2, 0.25) is 0 Å². The predicted octanol–water partition coefficient (Wildman–Crippen LogP) is 2.75. The Morgan fingerprint density at radius 1 is 1.10 bits per heavy atom. The Kier molecular flexibility index (Phi) is 5.48. The highest BCUT2D eigenvalue weighted by atomic mass is 16.5. The second-order valence-electron chi connectivity index (χ2n) is 5.92. The van der Waals surface area contributed by atoms with E-state index in [0.29, 0.717) is 0 Å². The lowest BCUT2D eigenvalue weighted by Gasteiger charge is -2.37. The number of nitrogens with two attached hydrogens (primary N) is 1. The number of rotatable bonds is 6. The molecule has 0 aliphatic carbocycles. The van der Waals surface area contributed by atoms with Crippen LogP contribution in [-0.4, -0.2) is 38.8 Å². The van der Waals surface area contributed by atoms with E-state index >= 15 is 0 Å². The molecule has 0 aromatic heterocycles. The summed E-state index contributed by atoms with van der Waals surface area (Å²) in [5.41, 5.74) is 7.51. The first-order chi connectivity index (χ1) is 10.1. The number of methoxy groups -OCH3 is 2. The first-order valence-electron chi connectivity index (χ1n) is 7.86. The molecule has 4 nitrogen and oxygen atoms in total. The van der Waals surface area contributed by atoms with Gasteiger partial charge in [0.15, 0.2) is 11.5 Å². The van der Waals surface area contributed by atoms with Crippen LogP contribution in [0.3, 0.4) is 0 Å². The first-order valence-corrected chi connectivity index (χ1v) is 7.86. The fraction of sp³-hybridized carbons (Fsp3) is 0.647. The van der Waals surface area contributed by atoms with E-state index in [-0.39, 0.29) is 5.54 Å². The molecule has 1 aliphatic rings. The molecule has 2 N–H and O–H groups in total. The van der Waals surface area contributed by atoms with E-state index in [9.17, 15) is 0 Å². The Morgan fingerprint density at radius 3 is 2.33 bits per heavy atom. The van der Waals surface area contributed by atoms with Crippen LogP contribution in [0.5, 0.6) is 11.5 Å². The lowest BCUT2D eigenvalue weighted by molar-refractivity contribution is 0.174. The van der Waals surface area contributed by atoms with Crippen molar-refractivity contribution in [1.29, 1.82) is 0 Å². The Bertz CT molecular complexity index is 458. The average molecular weight is 292 g/mol. The summed E-state index contributed by atoms with van der Waals surface area (Å²) >= 11 is 0. The Balaban J connectivity index is 2.21. The fourth-order valence-electron chi connectivity index (χ4n) is 3.07. The van der Waals surface area contributed by atoms with Crippen molar-refractivity contribution < 1.29 is 9.47 Å². The van der Waals surface area contributed by atoms with Crippen LogP contribution in [0.4, 0.5) is 0 Å². The zero-order valence-corrected chi connectivity index (χ0v) is 13.5. The van der Waals surface area contributed by atoms with Crippen molar-refractivity contribution in [2.45, 2.75) is 38.1 Å². The van der Waals surface area contributed by atoms with Crippen molar-refractivity contribution in [1.82, 2.24) is 4.90 Å². The molecule has 1 atom stereocenters. The first kappa shape index (κ1) is 16.1. The van der Waals surface area contributed by atoms with Crippen LogP contribution in [0.2, 0.25) is 0 Å². The molecule has 4 heteroatoms. The van der Waals surface area contributed by atoms with Crippen molar-refractivity contribution in [2.24, 2.45) is 5.73 Å². The monoisotopic (exact) mass is 292 g/mol. The maximum absolute atomic E-state index is 6.73. The average Bonchev–Trinajstić information content (AvgIpc) is 2.54. The molecule has 2 rings (SSSR count). The minimum atomic E-state index is -0.336. The summed E-state index contributed by atoms with van der Waals surface area (Å²) in [5, 5.41) is 0. The van der Waals surface area contributed by atoms with Crippen LogP contribution < -0.4 is 15.2 Å². The molecule has 0 spiro atoms. The van der Waals surface area contributed by atoms with Gasteiger partial charge in [-0.25, -0.2) is 0 Å². The summed E-state index contributed by atoms with van der Waals surface area (Å²) in [6, 6.07) is 6.03. The summed E-state index contributed by atoms with van der Waals surface area (Å²) in [6.45, 7) is 5.37. The van der Waals surface area contributed by atoms with E-state index in [2.05, 4.69) is 17.9 Å². The van der Waals surface area contributed by atoms with Crippen LogP contribution in [0.15, 0.2) is 18.2 Å². The molecule has 0 amide bonds. The van der Waals surface area contributed by atoms with Gasteiger partial charge in [0.1, 0.15) is 0 Å². The molecule has 0 saturated carbocycles. The third-order valence-corrected chi connectivity index (χ3v) is 4.54. The second-order valence-corrected chi connectivity index (χ2v) is 5.92. The molecule has 1 unspecified atom stereocenters. The van der Waals surface area contributed by atoms with Crippen LogP contribution in [0.1, 0.15) is 38.2 Å². The van der Waals surface area contributed by atoms with E-state index in [4.69, 9.17) is 15.2 Å². The standard InChI is InChI=1S/C17H28N2O2/c1-4-17(18,13-19-10-6-5-7-11-19)14-8-9-15(20-2)16(12-14)21-3/h8-9,12H,4-7,10-11,13,18H2,1-3H3. The molecule has 0 radical (unpaired) electrons. The predicted molar refractivity (Wildman–Crippen MR) is 86.0 cm³/mol. The Morgan fingerprint density at radius 2 is 1.76 bits per heavy atom. The molecule has 1 aliphatic heterocycles. The molecular weight excluding hydrogens is 264 g/mol. The van der Waals surface area contributed by atoms with Crippen LogP contribution in [-0.2, 0) is 5.54 Å². The number of piperidine rings is 1. The summed E-state index contributed by atoms with van der Waals surface area (Å²) in [5.74, 6) is 1.49. The van der Waals surface area contributed by atoms with Gasteiger partial charge < -0.3 is 20.1 Å². The highest BCUT2D eigenvalue weighted by molar-refractivity contribution is 5.45. The molecule has 21 heavy (non-hydrogen) atoms. The third kappa shape index (κ3) is 3.69. The van der Waals surface area contributed by atoms with Crippen molar-refractivity contribution in [3.63, 3.8) is 0 Å². The van der Waals surface area contributed by atoms with Gasteiger partial charge in [-0.05, 0) is 50.0 Å². The zero-order valence-electron chi connectivity index (χ0n) is 13.5. The lowest BCUT2D eigenvalue weighted by atomic mass is 9.87. The molecular formula is C17H28N2O2. The number of nitrogens with zero attached hydrogens (tertiary/aromatic N) is 1. The molecule has 1 saturated heterocycles. The number of benzene rings is 1. The Labute approximate surface area is 128 Å². The maximum Gasteiger partial charge on any atom is 0.161 e. The van der Waals surface area contributed by atoms with Gasteiger partial charge in [-0.2, -0.15) is 0 Å². The van der Waals surface area contributed by atoms with E-state index in [1.165, 1.54) is 19.3 Å². The van der Waals surface area contributed by atoms with Crippen LogP contribution >= 0.6 is 0 Å². The van der Waals surface area contributed by atoms with Gasteiger partial charge in [0.05, 0.1) is 19.8 Å². The van der Waals surface area contributed by atoms with Gasteiger partial charge in [-0.15, -0.1) is 0 Å². The summed E-state index contributed by atoms with van der Waals surface area (Å²) in [4.78, 5) is 2.49. The quantitative estimate of drug-likeness (QED) is 0.876. The van der Waals surface area contributed by atoms with E-state index < -0.39 is 0 Å². The van der Waals surface area contributed by atoms with Crippen molar-refractivity contribution in [3.8, 4) is 11.5 Å². The molecule has 1 aromatic rings. The highest BCUT2D eigenvalue weighted by Crippen LogP contribution is 2.33. The maximum atomic E-state index is 6.73. The lowest BCUT2D eigenvalue weighted by Crippen LogP contribution is -2.48. The largest absolute Gasteiger partial charge is 0.493 e. The van der Waals surface area contributed by atoms with Gasteiger partial charge in [-0.1, -0.05) is 19.4 Å². The van der Waals surface area contributed by atoms with Gasteiger partial charge in [-0.3, -0.25) is 0 Å². The third-order valence-electron chi connectivity index (χ3n) is 4.54. The number of likely N-dealkylation sites (tertiary alicyclic amines) is 1. The van der Waals surface area contributed by atoms with Gasteiger partial charge >= 0.3 is 0 Å². The highest BCUT2D eigenvalue weighted by Gasteiger charge is 2.29. The van der Waals surface area contributed by atoms with Crippen molar-refractivity contribution in [2.75, 3.05) is 33.9 Å². The smallest absolute Gasteiger partial charge is 0.161 e. The van der Waals surface area contributed by atoms with Gasteiger partial charge in [0.25, 0.3) is 0 Å². The van der Waals surface area contributed by atoms with Crippen molar-refractivity contribution in [3.05, 3.63) is 23.8 Å². The van der Waals surface area contributed by atoms with Crippen LogP contribution in [0, 0.1) is 0 Å². The molecule has 118 valence electrons. The Hall–Kier alpha value is -1.26. The molecule has 1 aromatic carbocycles. The van der Waals surface area contributed by atoms with Crippen molar-refractivity contribution >= 4 is 0 Å². The van der Waals surface area contributed by atoms with E-state index in [1.54, 1.807) is 14.2 Å². The second kappa shape index (κ2) is 7.14.